The van der Waals surface area contributed by atoms with E-state index in [0.29, 0.717) is 19.1 Å². The summed E-state index contributed by atoms with van der Waals surface area (Å²) in [6.45, 7) is 5.70. The summed E-state index contributed by atoms with van der Waals surface area (Å²) in [5.41, 5.74) is 1.89. The molecule has 1 aromatic heterocycles. The minimum atomic E-state index is 0.552. The van der Waals surface area contributed by atoms with Gasteiger partial charge >= 0.3 is 0 Å². The van der Waals surface area contributed by atoms with E-state index in [1.807, 2.05) is 18.2 Å². The van der Waals surface area contributed by atoms with Crippen LogP contribution in [0.4, 0.5) is 0 Å². The van der Waals surface area contributed by atoms with E-state index in [1.165, 1.54) is 0 Å². The lowest BCUT2D eigenvalue weighted by Gasteiger charge is -2.11. The molecular formula is C16H18ClNO2. The van der Waals surface area contributed by atoms with Crippen LogP contribution in [-0.2, 0) is 6.42 Å². The molecule has 2 heterocycles. The average Bonchev–Trinajstić information content (AvgIpc) is 2.60. The largest absolute Gasteiger partial charge is 0.490 e. The van der Waals surface area contributed by atoms with Crippen molar-refractivity contribution < 1.29 is 9.47 Å². The highest BCUT2D eigenvalue weighted by Gasteiger charge is 2.14. The second kappa shape index (κ2) is 5.49. The summed E-state index contributed by atoms with van der Waals surface area (Å²) in [6, 6.07) is 5.82. The van der Waals surface area contributed by atoms with Crippen LogP contribution < -0.4 is 9.47 Å². The van der Waals surface area contributed by atoms with Crippen molar-refractivity contribution in [2.45, 2.75) is 26.7 Å². The third kappa shape index (κ3) is 2.68. The molecular weight excluding hydrogens is 274 g/mol. The van der Waals surface area contributed by atoms with Crippen LogP contribution in [0.5, 0.6) is 11.5 Å². The molecule has 2 aromatic rings. The zero-order valence-electron chi connectivity index (χ0n) is 11.8. The minimum absolute atomic E-state index is 0.552. The Balaban J connectivity index is 2.11. The van der Waals surface area contributed by atoms with Crippen LogP contribution >= 0.6 is 11.6 Å². The van der Waals surface area contributed by atoms with Crippen molar-refractivity contribution >= 4 is 22.5 Å². The molecule has 1 aliphatic heterocycles. The predicted molar refractivity (Wildman–Crippen MR) is 80.9 cm³/mol. The SMILES string of the molecule is CC(C)Cc1cc(Cl)c2cc3c(cc2n1)OCCCO3. The molecule has 1 aliphatic rings. The number of rotatable bonds is 2. The number of aromatic nitrogens is 1. The van der Waals surface area contributed by atoms with Crippen LogP contribution in [0.25, 0.3) is 10.9 Å². The maximum Gasteiger partial charge on any atom is 0.163 e. The van der Waals surface area contributed by atoms with E-state index in [9.17, 15) is 0 Å². The van der Waals surface area contributed by atoms with E-state index in [1.54, 1.807) is 0 Å². The molecule has 106 valence electrons. The van der Waals surface area contributed by atoms with Crippen molar-refractivity contribution in [2.24, 2.45) is 5.92 Å². The number of ether oxygens (including phenoxy) is 2. The van der Waals surface area contributed by atoms with E-state index in [0.717, 1.165) is 46.0 Å². The molecule has 0 fully saturated rings. The van der Waals surface area contributed by atoms with Gasteiger partial charge in [0.2, 0.25) is 0 Å². The third-order valence-electron chi connectivity index (χ3n) is 3.30. The van der Waals surface area contributed by atoms with Gasteiger partial charge in [-0.2, -0.15) is 0 Å². The molecule has 0 bridgehead atoms. The Kier molecular flexibility index (Phi) is 3.70. The zero-order valence-corrected chi connectivity index (χ0v) is 12.5. The first-order valence-corrected chi connectivity index (χ1v) is 7.40. The smallest absolute Gasteiger partial charge is 0.163 e. The maximum absolute atomic E-state index is 6.39. The van der Waals surface area contributed by atoms with Gasteiger partial charge in [-0.1, -0.05) is 25.4 Å². The van der Waals surface area contributed by atoms with Gasteiger partial charge in [0.1, 0.15) is 0 Å². The number of fused-ring (bicyclic) bond motifs is 2. The van der Waals surface area contributed by atoms with Crippen molar-refractivity contribution in [2.75, 3.05) is 13.2 Å². The fourth-order valence-electron chi connectivity index (χ4n) is 2.42. The number of benzene rings is 1. The number of hydrogen-bond acceptors (Lipinski definition) is 3. The van der Waals surface area contributed by atoms with Crippen LogP contribution in [0, 0.1) is 5.92 Å². The van der Waals surface area contributed by atoms with Gasteiger partial charge in [0.05, 0.1) is 23.8 Å². The monoisotopic (exact) mass is 291 g/mol. The molecule has 0 N–H and O–H groups in total. The lowest BCUT2D eigenvalue weighted by molar-refractivity contribution is 0.297. The third-order valence-corrected chi connectivity index (χ3v) is 3.61. The van der Waals surface area contributed by atoms with Crippen LogP contribution in [0.2, 0.25) is 5.02 Å². The van der Waals surface area contributed by atoms with E-state index in [-0.39, 0.29) is 0 Å². The van der Waals surface area contributed by atoms with Crippen molar-refractivity contribution in [3.8, 4) is 11.5 Å². The van der Waals surface area contributed by atoms with Crippen molar-refractivity contribution in [3.63, 3.8) is 0 Å². The Morgan fingerprint density at radius 2 is 1.85 bits per heavy atom. The van der Waals surface area contributed by atoms with Gasteiger partial charge in [-0.05, 0) is 24.5 Å². The molecule has 4 heteroatoms. The first kappa shape index (κ1) is 13.5. The van der Waals surface area contributed by atoms with Gasteiger partial charge in [0.25, 0.3) is 0 Å². The molecule has 3 nitrogen and oxygen atoms in total. The second-order valence-corrected chi connectivity index (χ2v) is 5.97. The van der Waals surface area contributed by atoms with Gasteiger partial charge in [-0.25, -0.2) is 0 Å². The summed E-state index contributed by atoms with van der Waals surface area (Å²) in [5, 5.41) is 1.64. The number of nitrogens with zero attached hydrogens (tertiary/aromatic N) is 1. The molecule has 0 spiro atoms. The Hall–Kier alpha value is -1.48. The molecule has 0 radical (unpaired) electrons. The lowest BCUT2D eigenvalue weighted by Crippen LogP contribution is -1.99. The molecule has 0 atom stereocenters. The normalized spacial score (nSPS) is 14.6. The molecule has 20 heavy (non-hydrogen) atoms. The van der Waals surface area contributed by atoms with E-state index < -0.39 is 0 Å². The topological polar surface area (TPSA) is 31.4 Å². The van der Waals surface area contributed by atoms with Gasteiger partial charge in [0, 0.05) is 23.6 Å². The highest BCUT2D eigenvalue weighted by atomic mass is 35.5. The first-order chi connectivity index (χ1) is 9.63. The number of hydrogen-bond donors (Lipinski definition) is 0. The fourth-order valence-corrected chi connectivity index (χ4v) is 2.69. The Morgan fingerprint density at radius 1 is 1.15 bits per heavy atom. The fraction of sp³-hybridized carbons (Fsp3) is 0.438. The maximum atomic E-state index is 6.39. The van der Waals surface area contributed by atoms with Gasteiger partial charge in [0.15, 0.2) is 11.5 Å². The molecule has 1 aromatic carbocycles. The number of pyridine rings is 1. The van der Waals surface area contributed by atoms with Gasteiger partial charge in [-0.15, -0.1) is 0 Å². The second-order valence-electron chi connectivity index (χ2n) is 5.56. The van der Waals surface area contributed by atoms with Crippen molar-refractivity contribution in [1.82, 2.24) is 4.98 Å². The van der Waals surface area contributed by atoms with Crippen LogP contribution in [0.3, 0.4) is 0 Å². The van der Waals surface area contributed by atoms with Crippen molar-refractivity contribution in [3.05, 3.63) is 28.9 Å². The lowest BCUT2D eigenvalue weighted by atomic mass is 10.1. The summed E-state index contributed by atoms with van der Waals surface area (Å²) in [7, 11) is 0. The molecule has 0 aliphatic carbocycles. The Labute approximate surface area is 123 Å². The summed E-state index contributed by atoms with van der Waals surface area (Å²) in [6.07, 6.45) is 1.81. The summed E-state index contributed by atoms with van der Waals surface area (Å²) in [4.78, 5) is 4.69. The van der Waals surface area contributed by atoms with Crippen LogP contribution in [0.1, 0.15) is 26.0 Å². The molecule has 0 saturated heterocycles. The van der Waals surface area contributed by atoms with E-state index >= 15 is 0 Å². The Bertz CT molecular complexity index is 640. The minimum Gasteiger partial charge on any atom is -0.490 e. The summed E-state index contributed by atoms with van der Waals surface area (Å²) in [5.74, 6) is 2.08. The zero-order chi connectivity index (χ0) is 14.1. The highest BCUT2D eigenvalue weighted by molar-refractivity contribution is 6.35. The molecule has 3 rings (SSSR count). The van der Waals surface area contributed by atoms with Crippen molar-refractivity contribution in [1.29, 1.82) is 0 Å². The quantitative estimate of drug-likeness (QED) is 0.829. The van der Waals surface area contributed by atoms with Crippen LogP contribution in [-0.4, -0.2) is 18.2 Å². The van der Waals surface area contributed by atoms with Crippen LogP contribution in [0.15, 0.2) is 18.2 Å². The predicted octanol–water partition coefficient (Wildman–Crippen LogP) is 4.25. The van der Waals surface area contributed by atoms with Gasteiger partial charge < -0.3 is 9.47 Å². The van der Waals surface area contributed by atoms with E-state index in [4.69, 9.17) is 26.1 Å². The molecule has 0 amide bonds. The number of halogens is 1. The summed E-state index contributed by atoms with van der Waals surface area (Å²) >= 11 is 6.39. The highest BCUT2D eigenvalue weighted by Crippen LogP contribution is 2.36. The summed E-state index contributed by atoms with van der Waals surface area (Å²) < 4.78 is 11.4. The van der Waals surface area contributed by atoms with E-state index in [2.05, 4.69) is 13.8 Å². The first-order valence-electron chi connectivity index (χ1n) is 7.02. The molecule has 0 unspecified atom stereocenters. The van der Waals surface area contributed by atoms with Gasteiger partial charge in [-0.3, -0.25) is 4.98 Å². The Morgan fingerprint density at radius 3 is 2.55 bits per heavy atom. The molecule has 0 saturated carbocycles. The standard InChI is InChI=1S/C16H18ClNO2/c1-10(2)6-11-7-13(17)12-8-15-16(9-14(12)18-11)20-5-3-4-19-15/h7-10H,3-6H2,1-2H3. The average molecular weight is 292 g/mol.